The second-order valence-corrected chi connectivity index (χ2v) is 7.99. The van der Waals surface area contributed by atoms with Crippen LogP contribution >= 0.6 is 7.82 Å². The molecule has 1 unspecified atom stereocenters. The summed E-state index contributed by atoms with van der Waals surface area (Å²) in [5.74, 6) is -0.207. The molecule has 0 spiro atoms. The smallest absolute Gasteiger partial charge is 0.404 e. The van der Waals surface area contributed by atoms with E-state index in [1.165, 1.54) is 24.3 Å². The number of hydrogen-bond acceptors (Lipinski definition) is 5. The molecule has 0 aliphatic carbocycles. The van der Waals surface area contributed by atoms with Crippen LogP contribution in [0.1, 0.15) is 0 Å². The number of anilines is 2. The van der Waals surface area contributed by atoms with Crippen molar-refractivity contribution in [1.82, 2.24) is 4.48 Å². The van der Waals surface area contributed by atoms with E-state index in [0.717, 1.165) is 11.8 Å². The number of nitrogens with two attached hydrogens (primary N) is 1. The lowest BCUT2D eigenvalue weighted by atomic mass is 10.2. The van der Waals surface area contributed by atoms with Crippen LogP contribution in [0.15, 0.2) is 61.2 Å². The zero-order valence-electron chi connectivity index (χ0n) is 15.9. The van der Waals surface area contributed by atoms with Gasteiger partial charge < -0.3 is 15.6 Å². The number of likely N-dealkylation sites (N-methyl/N-ethyl adjacent to an activating group) is 1. The fraction of sp³-hybridized carbons (Fsp3) is 0.211. The summed E-state index contributed by atoms with van der Waals surface area (Å²) in [5.41, 5.74) is 7.86. The molecule has 1 atom stereocenters. The van der Waals surface area contributed by atoms with Crippen LogP contribution in [0.5, 0.6) is 5.75 Å². The molecule has 8 nitrogen and oxygen atoms in total. The average molecular weight is 406 g/mol. The Morgan fingerprint density at radius 3 is 2.39 bits per heavy atom. The minimum absolute atomic E-state index is 0.0125. The third kappa shape index (κ3) is 6.51. The van der Waals surface area contributed by atoms with Gasteiger partial charge in [0.05, 0.1) is 14.1 Å². The largest absolute Gasteiger partial charge is 0.527 e. The van der Waals surface area contributed by atoms with Crippen LogP contribution in [0.2, 0.25) is 0 Å². The van der Waals surface area contributed by atoms with Crippen molar-refractivity contribution in [2.45, 2.75) is 0 Å². The number of hydrogen-bond donors (Lipinski definition) is 3. The summed E-state index contributed by atoms with van der Waals surface area (Å²) in [6.45, 7) is 3.82. The van der Waals surface area contributed by atoms with Crippen LogP contribution in [-0.4, -0.2) is 38.0 Å². The average Bonchev–Trinajstić information content (AvgIpc) is 2.63. The molecular formula is C19H25N3O5P+. The van der Waals surface area contributed by atoms with Gasteiger partial charge in [0.25, 0.3) is 0 Å². The first-order chi connectivity index (χ1) is 13.1. The number of nitrogen functional groups attached to an aromatic ring is 1. The Morgan fingerprint density at radius 2 is 1.82 bits per heavy atom. The van der Waals surface area contributed by atoms with Crippen LogP contribution in [0.3, 0.4) is 0 Å². The molecule has 0 saturated heterocycles. The zero-order chi connectivity index (χ0) is 20.8. The number of benzene rings is 2. The van der Waals surface area contributed by atoms with Crippen molar-refractivity contribution in [1.29, 1.82) is 0 Å². The van der Waals surface area contributed by atoms with Gasteiger partial charge in [0, 0.05) is 23.5 Å². The van der Waals surface area contributed by atoms with E-state index < -0.39 is 7.82 Å². The first kappa shape index (κ1) is 21.7. The van der Waals surface area contributed by atoms with Gasteiger partial charge in [0.1, 0.15) is 24.6 Å². The second kappa shape index (κ2) is 9.03. The minimum atomic E-state index is -4.28. The van der Waals surface area contributed by atoms with E-state index in [9.17, 15) is 14.3 Å². The maximum Gasteiger partial charge on any atom is 0.527 e. The number of quaternary nitrogens is 1. The van der Waals surface area contributed by atoms with Gasteiger partial charge in [-0.1, -0.05) is 6.58 Å². The highest BCUT2D eigenvalue weighted by molar-refractivity contribution is 7.47. The van der Waals surface area contributed by atoms with Gasteiger partial charge in [-0.15, -0.1) is 0 Å². The van der Waals surface area contributed by atoms with E-state index in [4.69, 9.17) is 14.8 Å². The summed E-state index contributed by atoms with van der Waals surface area (Å²) in [7, 11) is -0.376. The Labute approximate surface area is 164 Å². The molecule has 2 aromatic carbocycles. The number of rotatable bonds is 9. The van der Waals surface area contributed by atoms with E-state index in [-0.39, 0.29) is 18.3 Å². The molecule has 1 amide bonds. The highest BCUT2D eigenvalue weighted by Crippen LogP contribution is 2.44. The van der Waals surface area contributed by atoms with E-state index in [1.54, 1.807) is 12.1 Å². The Morgan fingerprint density at radius 1 is 1.21 bits per heavy atom. The maximum atomic E-state index is 12.2. The van der Waals surface area contributed by atoms with Crippen LogP contribution in [-0.2, 0) is 13.9 Å². The number of carbonyl (C=O) groups excluding carboxylic acids is 1. The van der Waals surface area contributed by atoms with Crippen LogP contribution in [0.25, 0.3) is 0 Å². The SMILES string of the molecule is C=CC(=O)Nc1ccc(OP(=O)(O)OCC[N+](C)(C)c2ccc(N)cc2)cc1. The minimum Gasteiger partial charge on any atom is -0.404 e. The predicted molar refractivity (Wildman–Crippen MR) is 111 cm³/mol. The third-order valence-corrected chi connectivity index (χ3v) is 4.98. The van der Waals surface area contributed by atoms with Crippen molar-refractivity contribution in [3.05, 3.63) is 61.2 Å². The van der Waals surface area contributed by atoms with Crippen molar-refractivity contribution in [3.8, 4) is 5.75 Å². The van der Waals surface area contributed by atoms with E-state index >= 15 is 0 Å². The summed E-state index contributed by atoms with van der Waals surface area (Å²) in [5, 5.41) is 2.57. The topological polar surface area (TPSA) is 111 Å². The highest BCUT2D eigenvalue weighted by Gasteiger charge is 2.26. The fourth-order valence-electron chi connectivity index (χ4n) is 2.34. The van der Waals surface area contributed by atoms with E-state index in [2.05, 4.69) is 11.9 Å². The van der Waals surface area contributed by atoms with Crippen molar-refractivity contribution in [2.75, 3.05) is 38.3 Å². The standard InChI is InChI=1S/C19H24N3O5P/c1-4-19(23)21-16-7-11-18(12-8-16)27-28(24,25)26-14-13-22(2,3)17-9-5-15(20)6-10-17/h4-12H,1,13-14,20H2,2-3H3,(H-,21,23,24,25)/p+1. The summed E-state index contributed by atoms with van der Waals surface area (Å²) < 4.78 is 22.8. The van der Waals surface area contributed by atoms with Gasteiger partial charge in [-0.2, -0.15) is 0 Å². The van der Waals surface area contributed by atoms with Crippen LogP contribution in [0.4, 0.5) is 17.1 Å². The number of phosphoric ester groups is 1. The lowest BCUT2D eigenvalue weighted by Crippen LogP contribution is -2.43. The molecule has 2 aromatic rings. The normalized spacial score (nSPS) is 13.4. The number of nitrogens with one attached hydrogen (secondary N) is 1. The van der Waals surface area contributed by atoms with Gasteiger partial charge in [0.15, 0.2) is 0 Å². The summed E-state index contributed by atoms with van der Waals surface area (Å²) >= 11 is 0. The van der Waals surface area contributed by atoms with E-state index in [0.29, 0.717) is 22.4 Å². The molecule has 0 bridgehead atoms. The summed E-state index contributed by atoms with van der Waals surface area (Å²) in [4.78, 5) is 21.2. The summed E-state index contributed by atoms with van der Waals surface area (Å²) in [6.07, 6.45) is 1.14. The number of amides is 1. The third-order valence-electron chi connectivity index (χ3n) is 4.02. The fourth-order valence-corrected chi connectivity index (χ4v) is 3.10. The molecule has 0 heterocycles. The monoisotopic (exact) mass is 406 g/mol. The quantitative estimate of drug-likeness (QED) is 0.255. The molecule has 150 valence electrons. The molecule has 4 N–H and O–H groups in total. The Balaban J connectivity index is 1.89. The Kier molecular flexibility index (Phi) is 6.99. The molecule has 0 aromatic heterocycles. The predicted octanol–water partition coefficient (Wildman–Crippen LogP) is 3.16. The van der Waals surface area contributed by atoms with E-state index in [1.807, 2.05) is 26.2 Å². The molecular weight excluding hydrogens is 381 g/mol. The van der Waals surface area contributed by atoms with Crippen molar-refractivity contribution >= 4 is 30.8 Å². The zero-order valence-corrected chi connectivity index (χ0v) is 16.8. The van der Waals surface area contributed by atoms with Crippen LogP contribution < -0.4 is 20.1 Å². The highest BCUT2D eigenvalue weighted by atomic mass is 31.2. The van der Waals surface area contributed by atoms with Crippen molar-refractivity contribution in [2.24, 2.45) is 0 Å². The maximum absolute atomic E-state index is 12.2. The second-order valence-electron chi connectivity index (χ2n) is 6.61. The number of nitrogens with zero attached hydrogens (tertiary/aromatic N) is 1. The van der Waals surface area contributed by atoms with Gasteiger partial charge in [-0.25, -0.2) is 4.57 Å². The first-order valence-electron chi connectivity index (χ1n) is 8.51. The summed E-state index contributed by atoms with van der Waals surface area (Å²) in [6, 6.07) is 13.4. The van der Waals surface area contributed by atoms with Crippen LogP contribution in [0, 0.1) is 0 Å². The molecule has 0 fully saturated rings. The van der Waals surface area contributed by atoms with Crippen molar-refractivity contribution in [3.63, 3.8) is 0 Å². The lowest BCUT2D eigenvalue weighted by Gasteiger charge is -2.29. The Hall–Kier alpha value is -2.64. The molecule has 0 radical (unpaired) electrons. The molecule has 9 heteroatoms. The Bertz CT molecular complexity index is 866. The van der Waals surface area contributed by atoms with Gasteiger partial charge in [-0.3, -0.25) is 18.7 Å². The first-order valence-corrected chi connectivity index (χ1v) is 10.0. The molecule has 0 aliphatic heterocycles. The molecule has 2 rings (SSSR count). The molecule has 0 saturated carbocycles. The molecule has 0 aliphatic rings. The van der Waals surface area contributed by atoms with Crippen molar-refractivity contribution < 1.29 is 23.3 Å². The number of carbonyl (C=O) groups is 1. The molecule has 28 heavy (non-hydrogen) atoms. The lowest BCUT2D eigenvalue weighted by molar-refractivity contribution is -0.111. The van der Waals surface area contributed by atoms with Gasteiger partial charge in [-0.05, 0) is 42.5 Å². The van der Waals surface area contributed by atoms with Gasteiger partial charge >= 0.3 is 7.82 Å². The number of phosphoric acid groups is 1. The van der Waals surface area contributed by atoms with Gasteiger partial charge in [0.2, 0.25) is 5.91 Å².